The van der Waals surface area contributed by atoms with Crippen LogP contribution in [0, 0.1) is 10.5 Å². The van der Waals surface area contributed by atoms with Gasteiger partial charge in [0.2, 0.25) is 0 Å². The Morgan fingerprint density at radius 3 is 2.61 bits per heavy atom. The molecular weight excluding hydrogens is 454 g/mol. The molecule has 0 heterocycles. The van der Waals surface area contributed by atoms with E-state index in [-0.39, 0.29) is 6.61 Å². The van der Waals surface area contributed by atoms with Crippen molar-refractivity contribution in [3.63, 3.8) is 0 Å². The molecule has 7 heteroatoms. The molecule has 0 aromatic heterocycles. The number of ether oxygens (including phenoxy) is 3. The topological polar surface area (TPSA) is 44.8 Å². The quantitative estimate of drug-likeness (QED) is 0.332. The van der Waals surface area contributed by atoms with Crippen molar-refractivity contribution in [3.8, 4) is 11.5 Å². The zero-order valence-electron chi connectivity index (χ0n) is 12.4. The minimum atomic E-state index is -0.787. The van der Waals surface area contributed by atoms with Gasteiger partial charge in [-0.2, -0.15) is 0 Å². The van der Waals surface area contributed by atoms with Gasteiger partial charge in [-0.25, -0.2) is 4.79 Å². The molecule has 2 rings (SSSR count). The molecule has 0 atom stereocenters. The normalized spacial score (nSPS) is 10.3. The Labute approximate surface area is 157 Å². The van der Waals surface area contributed by atoms with Crippen LogP contribution in [0.2, 0.25) is 10.0 Å². The Balaban J connectivity index is 2.23. The molecule has 0 aliphatic heterocycles. The monoisotopic (exact) mass is 466 g/mol. The van der Waals surface area contributed by atoms with E-state index in [0.29, 0.717) is 27.1 Å². The second-order valence-electron chi connectivity index (χ2n) is 4.59. The maximum atomic E-state index is 11.3. The summed E-state index contributed by atoms with van der Waals surface area (Å²) >= 11 is 14.4. The lowest BCUT2D eigenvalue weighted by molar-refractivity contribution is 0.120. The highest BCUT2D eigenvalue weighted by Crippen LogP contribution is 2.33. The summed E-state index contributed by atoms with van der Waals surface area (Å²) in [6.45, 7) is 2.03. The number of carbonyl (C=O) groups is 1. The molecule has 0 aliphatic carbocycles. The molecular formula is C16H13Cl2IO4. The van der Waals surface area contributed by atoms with Crippen LogP contribution >= 0.6 is 45.8 Å². The molecule has 0 fully saturated rings. The first kappa shape index (κ1) is 18.2. The van der Waals surface area contributed by atoms with Crippen LogP contribution in [-0.4, -0.2) is 13.3 Å². The molecule has 122 valence electrons. The van der Waals surface area contributed by atoms with Crippen molar-refractivity contribution in [1.29, 1.82) is 0 Å². The van der Waals surface area contributed by atoms with Crippen LogP contribution in [0.1, 0.15) is 11.1 Å². The highest BCUT2D eigenvalue weighted by molar-refractivity contribution is 14.1. The van der Waals surface area contributed by atoms with Gasteiger partial charge < -0.3 is 14.2 Å². The Morgan fingerprint density at radius 2 is 1.91 bits per heavy atom. The van der Waals surface area contributed by atoms with E-state index < -0.39 is 6.16 Å². The summed E-state index contributed by atoms with van der Waals surface area (Å²) in [6.07, 6.45) is -0.787. The Morgan fingerprint density at radius 1 is 1.17 bits per heavy atom. The molecule has 23 heavy (non-hydrogen) atoms. The van der Waals surface area contributed by atoms with E-state index in [9.17, 15) is 4.79 Å². The fraction of sp³-hybridized carbons (Fsp3) is 0.188. The number of rotatable bonds is 4. The molecule has 4 nitrogen and oxygen atoms in total. The second-order valence-corrected chi connectivity index (χ2v) is 6.57. The molecule has 2 aromatic rings. The minimum absolute atomic E-state index is 0.171. The van der Waals surface area contributed by atoms with Crippen molar-refractivity contribution >= 4 is 51.9 Å². The second kappa shape index (κ2) is 8.08. The third-order valence-corrected chi connectivity index (χ3v) is 4.73. The van der Waals surface area contributed by atoms with E-state index in [2.05, 4.69) is 27.3 Å². The molecule has 0 saturated heterocycles. The summed E-state index contributed by atoms with van der Waals surface area (Å²) in [4.78, 5) is 11.3. The predicted octanol–water partition coefficient (Wildman–Crippen LogP) is 5.63. The zero-order valence-corrected chi connectivity index (χ0v) is 16.0. The van der Waals surface area contributed by atoms with E-state index >= 15 is 0 Å². The SMILES string of the molecule is COC(=O)Oc1cccc(I)c1COc1cc(Cl)c(C)cc1Cl. The van der Waals surface area contributed by atoms with Gasteiger partial charge in [0.1, 0.15) is 18.1 Å². The van der Waals surface area contributed by atoms with Gasteiger partial charge in [0.15, 0.2) is 0 Å². The highest BCUT2D eigenvalue weighted by Gasteiger charge is 2.14. The van der Waals surface area contributed by atoms with Crippen LogP contribution in [0.5, 0.6) is 11.5 Å². The standard InChI is InChI=1S/C16H13Cl2IO4/c1-9-6-12(18)15(7-11(9)17)22-8-10-13(19)4-3-5-14(10)23-16(20)21-2/h3-7H,8H2,1-2H3. The lowest BCUT2D eigenvalue weighted by Gasteiger charge is -2.14. The van der Waals surface area contributed by atoms with Gasteiger partial charge in [-0.3, -0.25) is 0 Å². The van der Waals surface area contributed by atoms with Crippen molar-refractivity contribution in [2.75, 3.05) is 7.11 Å². The number of hydrogen-bond donors (Lipinski definition) is 0. The number of methoxy groups -OCH3 is 1. The summed E-state index contributed by atoms with van der Waals surface area (Å²) in [6, 6.07) is 8.73. The fourth-order valence-corrected chi connectivity index (χ4v) is 2.85. The first-order valence-corrected chi connectivity index (χ1v) is 8.37. The van der Waals surface area contributed by atoms with Crippen LogP contribution in [0.25, 0.3) is 0 Å². The molecule has 0 spiro atoms. The maximum Gasteiger partial charge on any atom is 0.513 e. The fourth-order valence-electron chi connectivity index (χ4n) is 1.79. The number of aryl methyl sites for hydroxylation is 1. The van der Waals surface area contributed by atoms with Gasteiger partial charge in [0.05, 0.1) is 12.1 Å². The third-order valence-electron chi connectivity index (χ3n) is 3.02. The van der Waals surface area contributed by atoms with E-state index in [0.717, 1.165) is 9.13 Å². The van der Waals surface area contributed by atoms with Crippen molar-refractivity contribution < 1.29 is 19.0 Å². The van der Waals surface area contributed by atoms with E-state index in [4.69, 9.17) is 32.7 Å². The predicted molar refractivity (Wildman–Crippen MR) is 97.7 cm³/mol. The molecule has 0 saturated carbocycles. The van der Waals surface area contributed by atoms with Crippen LogP contribution in [0.3, 0.4) is 0 Å². The summed E-state index contributed by atoms with van der Waals surface area (Å²) in [5, 5.41) is 1.03. The van der Waals surface area contributed by atoms with Crippen LogP contribution in [-0.2, 0) is 11.3 Å². The maximum absolute atomic E-state index is 11.3. The van der Waals surface area contributed by atoms with E-state index in [1.54, 1.807) is 24.3 Å². The largest absolute Gasteiger partial charge is 0.513 e. The Bertz CT molecular complexity index is 734. The van der Waals surface area contributed by atoms with Gasteiger partial charge in [-0.1, -0.05) is 29.3 Å². The van der Waals surface area contributed by atoms with E-state index in [1.807, 2.05) is 13.0 Å². The summed E-state index contributed by atoms with van der Waals surface area (Å²) < 4.78 is 16.3. The number of hydrogen-bond acceptors (Lipinski definition) is 4. The van der Waals surface area contributed by atoms with Gasteiger partial charge in [0.25, 0.3) is 0 Å². The van der Waals surface area contributed by atoms with Crippen LogP contribution in [0.4, 0.5) is 4.79 Å². The smallest absolute Gasteiger partial charge is 0.487 e. The van der Waals surface area contributed by atoms with Gasteiger partial charge in [0, 0.05) is 20.2 Å². The molecule has 0 radical (unpaired) electrons. The summed E-state index contributed by atoms with van der Waals surface area (Å²) in [7, 11) is 1.25. The van der Waals surface area contributed by atoms with Gasteiger partial charge in [-0.05, 0) is 53.3 Å². The number of benzene rings is 2. The Kier molecular flexibility index (Phi) is 6.38. The summed E-state index contributed by atoms with van der Waals surface area (Å²) in [5.41, 5.74) is 1.58. The minimum Gasteiger partial charge on any atom is -0.487 e. The summed E-state index contributed by atoms with van der Waals surface area (Å²) in [5.74, 6) is 0.837. The number of halogens is 3. The molecule has 0 amide bonds. The highest BCUT2D eigenvalue weighted by atomic mass is 127. The van der Waals surface area contributed by atoms with E-state index in [1.165, 1.54) is 7.11 Å². The first-order chi connectivity index (χ1) is 10.9. The van der Waals surface area contributed by atoms with Crippen molar-refractivity contribution in [2.24, 2.45) is 0 Å². The van der Waals surface area contributed by atoms with Gasteiger partial charge >= 0.3 is 6.16 Å². The van der Waals surface area contributed by atoms with Crippen LogP contribution in [0.15, 0.2) is 30.3 Å². The molecule has 0 aliphatic rings. The van der Waals surface area contributed by atoms with Gasteiger partial charge in [-0.15, -0.1) is 0 Å². The van der Waals surface area contributed by atoms with Crippen molar-refractivity contribution in [2.45, 2.75) is 13.5 Å². The number of carbonyl (C=O) groups excluding carboxylic acids is 1. The molecule has 0 N–H and O–H groups in total. The average molecular weight is 467 g/mol. The zero-order chi connectivity index (χ0) is 17.0. The third kappa shape index (κ3) is 4.65. The lowest BCUT2D eigenvalue weighted by atomic mass is 10.2. The Hall–Kier alpha value is -1.18. The first-order valence-electron chi connectivity index (χ1n) is 6.54. The lowest BCUT2D eigenvalue weighted by Crippen LogP contribution is -2.10. The van der Waals surface area contributed by atoms with Crippen molar-refractivity contribution in [3.05, 3.63) is 55.1 Å². The molecule has 0 bridgehead atoms. The molecule has 0 unspecified atom stereocenters. The van der Waals surface area contributed by atoms with Crippen molar-refractivity contribution in [1.82, 2.24) is 0 Å². The molecule has 2 aromatic carbocycles. The average Bonchev–Trinajstić information content (AvgIpc) is 2.51. The van der Waals surface area contributed by atoms with Crippen LogP contribution < -0.4 is 9.47 Å².